The molecule has 0 aromatic carbocycles. The van der Waals surface area contributed by atoms with Crippen LogP contribution >= 0.6 is 11.8 Å². The van der Waals surface area contributed by atoms with E-state index in [1.54, 1.807) is 23.8 Å². The minimum Gasteiger partial charge on any atom is -0.480 e. The minimum absolute atomic E-state index is 0.00912. The van der Waals surface area contributed by atoms with Gasteiger partial charge in [-0.3, -0.25) is 0 Å². The van der Waals surface area contributed by atoms with Gasteiger partial charge in [0.25, 0.3) is 0 Å². The molecule has 112 valence electrons. The van der Waals surface area contributed by atoms with Gasteiger partial charge >= 0.3 is 12.0 Å². The topological polar surface area (TPSA) is 78.9 Å². The molecule has 2 amide bonds. The molecule has 2 N–H and O–H groups in total. The van der Waals surface area contributed by atoms with Crippen LogP contribution in [0.1, 0.15) is 20.3 Å². The van der Waals surface area contributed by atoms with E-state index in [1.807, 2.05) is 20.1 Å². The van der Waals surface area contributed by atoms with Crippen LogP contribution in [0.3, 0.4) is 0 Å². The number of aliphatic carboxylic acids is 1. The number of hydrogen-bond donors (Lipinski definition) is 2. The van der Waals surface area contributed by atoms with Crippen LogP contribution in [0.25, 0.3) is 0 Å². The third-order valence-electron chi connectivity index (χ3n) is 2.63. The van der Waals surface area contributed by atoms with Gasteiger partial charge in [-0.05, 0) is 32.3 Å². The van der Waals surface area contributed by atoms with E-state index in [0.29, 0.717) is 25.3 Å². The molecule has 0 fully saturated rings. The Hall–Kier alpha value is -0.950. The summed E-state index contributed by atoms with van der Waals surface area (Å²) in [5, 5.41) is 11.6. The first-order chi connectivity index (χ1) is 8.93. The molecule has 0 bridgehead atoms. The summed E-state index contributed by atoms with van der Waals surface area (Å²) in [5.74, 6) is -0.311. The number of nitrogens with one attached hydrogen (secondary N) is 1. The van der Waals surface area contributed by atoms with Crippen LogP contribution in [0, 0.1) is 0 Å². The Kier molecular flexibility index (Phi) is 9.42. The fourth-order valence-electron chi connectivity index (χ4n) is 1.51. The average molecular weight is 292 g/mol. The largest absolute Gasteiger partial charge is 0.480 e. The fraction of sp³-hybridized carbons (Fsp3) is 0.833. The molecule has 0 saturated carbocycles. The predicted molar refractivity (Wildman–Crippen MR) is 76.7 cm³/mol. The third kappa shape index (κ3) is 7.27. The number of hydrogen-bond acceptors (Lipinski definition) is 4. The fourth-order valence-corrected chi connectivity index (χ4v) is 1.98. The molecule has 19 heavy (non-hydrogen) atoms. The van der Waals surface area contributed by atoms with E-state index < -0.39 is 12.0 Å². The zero-order valence-electron chi connectivity index (χ0n) is 12.0. The highest BCUT2D eigenvalue weighted by molar-refractivity contribution is 7.98. The minimum atomic E-state index is -1.00. The number of rotatable bonds is 9. The molecule has 0 aromatic heterocycles. The van der Waals surface area contributed by atoms with Crippen molar-refractivity contribution in [1.29, 1.82) is 0 Å². The number of nitrogens with zero attached hydrogens (tertiary/aromatic N) is 1. The smallest absolute Gasteiger partial charge is 0.326 e. The number of carboxylic acids is 1. The number of carbonyl (C=O) groups excluding carboxylic acids is 1. The maximum Gasteiger partial charge on any atom is 0.326 e. The summed E-state index contributed by atoms with van der Waals surface area (Å²) in [5.41, 5.74) is 0. The average Bonchev–Trinajstić information content (AvgIpc) is 2.34. The molecular weight excluding hydrogens is 268 g/mol. The van der Waals surface area contributed by atoms with Crippen LogP contribution in [0.2, 0.25) is 0 Å². The van der Waals surface area contributed by atoms with Gasteiger partial charge in [0.1, 0.15) is 6.04 Å². The number of methoxy groups -OCH3 is 1. The van der Waals surface area contributed by atoms with Gasteiger partial charge in [0.05, 0.1) is 6.61 Å². The maximum atomic E-state index is 12.1. The van der Waals surface area contributed by atoms with Crippen LogP contribution in [0.15, 0.2) is 0 Å². The molecule has 6 nitrogen and oxygen atoms in total. The van der Waals surface area contributed by atoms with Gasteiger partial charge in [-0.15, -0.1) is 0 Å². The van der Waals surface area contributed by atoms with Crippen LogP contribution in [0.5, 0.6) is 0 Å². The predicted octanol–water partition coefficient (Wildman–Crippen LogP) is 1.26. The van der Waals surface area contributed by atoms with Gasteiger partial charge in [0.2, 0.25) is 0 Å². The third-order valence-corrected chi connectivity index (χ3v) is 3.27. The number of ether oxygens (including phenoxy) is 1. The molecule has 0 aliphatic rings. The van der Waals surface area contributed by atoms with E-state index in [1.165, 1.54) is 0 Å². The second-order valence-corrected chi connectivity index (χ2v) is 5.39. The molecule has 1 unspecified atom stereocenters. The zero-order chi connectivity index (χ0) is 14.8. The van der Waals surface area contributed by atoms with Crippen molar-refractivity contribution in [3.63, 3.8) is 0 Å². The van der Waals surface area contributed by atoms with Gasteiger partial charge in [-0.25, -0.2) is 9.59 Å². The highest BCUT2D eigenvalue weighted by Crippen LogP contribution is 2.04. The van der Waals surface area contributed by atoms with Crippen molar-refractivity contribution in [2.45, 2.75) is 32.4 Å². The van der Waals surface area contributed by atoms with E-state index >= 15 is 0 Å². The Labute approximate surface area is 118 Å². The van der Waals surface area contributed by atoms with E-state index in [2.05, 4.69) is 5.32 Å². The lowest BCUT2D eigenvalue weighted by Gasteiger charge is -2.28. The molecule has 0 saturated heterocycles. The Balaban J connectivity index is 4.52. The van der Waals surface area contributed by atoms with Crippen molar-refractivity contribution in [2.24, 2.45) is 0 Å². The van der Waals surface area contributed by atoms with Crippen molar-refractivity contribution in [1.82, 2.24) is 10.2 Å². The van der Waals surface area contributed by atoms with E-state index in [-0.39, 0.29) is 12.1 Å². The Morgan fingerprint density at radius 3 is 2.47 bits per heavy atom. The number of carboxylic acid groups (broad SMARTS) is 1. The SMILES string of the molecule is COCCN(C(=O)NC(CCSC)C(=O)O)C(C)C. The van der Waals surface area contributed by atoms with E-state index in [4.69, 9.17) is 9.84 Å². The molecular formula is C12H24N2O4S. The summed E-state index contributed by atoms with van der Waals surface area (Å²) < 4.78 is 4.95. The van der Waals surface area contributed by atoms with E-state index in [0.717, 1.165) is 0 Å². The number of urea groups is 1. The molecule has 0 aliphatic carbocycles. The second-order valence-electron chi connectivity index (χ2n) is 4.40. The van der Waals surface area contributed by atoms with Gasteiger partial charge in [0.15, 0.2) is 0 Å². The normalized spacial score (nSPS) is 12.3. The molecule has 1 atom stereocenters. The van der Waals surface area contributed by atoms with Gasteiger partial charge in [-0.1, -0.05) is 0 Å². The van der Waals surface area contributed by atoms with Crippen molar-refractivity contribution >= 4 is 23.8 Å². The molecule has 0 rings (SSSR count). The number of carbonyl (C=O) groups is 2. The molecule has 0 spiro atoms. The van der Waals surface area contributed by atoms with Crippen molar-refractivity contribution in [3.8, 4) is 0 Å². The Morgan fingerprint density at radius 2 is 2.05 bits per heavy atom. The molecule has 0 heterocycles. The standard InChI is InChI=1S/C12H24N2O4S/c1-9(2)14(6-7-18-3)12(17)13-10(11(15)16)5-8-19-4/h9-10H,5-8H2,1-4H3,(H,13,17)(H,15,16). The van der Waals surface area contributed by atoms with Crippen molar-refractivity contribution in [3.05, 3.63) is 0 Å². The Morgan fingerprint density at radius 1 is 1.42 bits per heavy atom. The van der Waals surface area contributed by atoms with Gasteiger partial charge in [-0.2, -0.15) is 11.8 Å². The lowest BCUT2D eigenvalue weighted by molar-refractivity contribution is -0.139. The van der Waals surface area contributed by atoms with E-state index in [9.17, 15) is 9.59 Å². The van der Waals surface area contributed by atoms with Gasteiger partial charge in [0, 0.05) is 19.7 Å². The van der Waals surface area contributed by atoms with Crippen LogP contribution < -0.4 is 5.32 Å². The lowest BCUT2D eigenvalue weighted by atomic mass is 10.2. The summed E-state index contributed by atoms with van der Waals surface area (Å²) in [6, 6.07) is -1.21. The summed E-state index contributed by atoms with van der Waals surface area (Å²) in [6.45, 7) is 4.63. The maximum absolute atomic E-state index is 12.1. The summed E-state index contributed by atoms with van der Waals surface area (Å²) in [7, 11) is 1.56. The number of amides is 2. The molecule has 0 aromatic rings. The highest BCUT2D eigenvalue weighted by Gasteiger charge is 2.23. The summed E-state index contributed by atoms with van der Waals surface area (Å²) in [4.78, 5) is 24.7. The van der Waals surface area contributed by atoms with Crippen LogP contribution in [-0.2, 0) is 9.53 Å². The van der Waals surface area contributed by atoms with Crippen molar-refractivity contribution in [2.75, 3.05) is 32.3 Å². The molecule has 0 radical (unpaired) electrons. The first kappa shape index (κ1) is 18.0. The highest BCUT2D eigenvalue weighted by atomic mass is 32.2. The second kappa shape index (κ2) is 9.91. The lowest BCUT2D eigenvalue weighted by Crippen LogP contribution is -2.51. The van der Waals surface area contributed by atoms with Crippen molar-refractivity contribution < 1.29 is 19.4 Å². The molecule has 7 heteroatoms. The summed E-state index contributed by atoms with van der Waals surface area (Å²) >= 11 is 1.55. The monoisotopic (exact) mass is 292 g/mol. The quantitative estimate of drug-likeness (QED) is 0.669. The Bertz CT molecular complexity index is 287. The number of thioether (sulfide) groups is 1. The first-order valence-electron chi connectivity index (χ1n) is 6.21. The zero-order valence-corrected chi connectivity index (χ0v) is 12.8. The summed E-state index contributed by atoms with van der Waals surface area (Å²) in [6.07, 6.45) is 2.32. The van der Waals surface area contributed by atoms with Gasteiger partial charge < -0.3 is 20.1 Å². The molecule has 0 aliphatic heterocycles. The van der Waals surface area contributed by atoms with Crippen LogP contribution in [-0.4, -0.2) is 66.4 Å². The van der Waals surface area contributed by atoms with Crippen LogP contribution in [0.4, 0.5) is 4.79 Å². The first-order valence-corrected chi connectivity index (χ1v) is 7.61.